The summed E-state index contributed by atoms with van der Waals surface area (Å²) in [6.45, 7) is 4.61. The van der Waals surface area contributed by atoms with Gasteiger partial charge in [0.05, 0.1) is 0 Å². The molecule has 0 heterocycles. The van der Waals surface area contributed by atoms with Gasteiger partial charge in [0.1, 0.15) is 0 Å². The molecular weight excluding hydrogens is 244 g/mol. The van der Waals surface area contributed by atoms with Crippen molar-refractivity contribution in [1.82, 2.24) is 5.32 Å². The van der Waals surface area contributed by atoms with Crippen molar-refractivity contribution in [3.05, 3.63) is 29.8 Å². The number of nitrogens with one attached hydrogen (secondary N) is 1. The lowest BCUT2D eigenvalue weighted by molar-refractivity contribution is 0.0942. The van der Waals surface area contributed by atoms with Gasteiger partial charge in [-0.2, -0.15) is 0 Å². The SMILES string of the molecule is CCC(N)(CC)CNC(=O)c1ccc(SC)cc1. The smallest absolute Gasteiger partial charge is 0.251 e. The molecule has 1 amide bonds. The molecule has 0 bridgehead atoms. The zero-order valence-electron chi connectivity index (χ0n) is 11.3. The molecular formula is C14H22N2OS. The Morgan fingerprint density at radius 1 is 1.28 bits per heavy atom. The first-order valence-electron chi connectivity index (χ1n) is 6.25. The summed E-state index contributed by atoms with van der Waals surface area (Å²) in [5.74, 6) is -0.0561. The molecule has 0 fully saturated rings. The van der Waals surface area contributed by atoms with Crippen molar-refractivity contribution < 1.29 is 4.79 Å². The molecule has 100 valence electrons. The zero-order chi connectivity index (χ0) is 13.6. The number of amides is 1. The molecule has 0 saturated heterocycles. The van der Waals surface area contributed by atoms with E-state index in [9.17, 15) is 4.79 Å². The molecule has 0 unspecified atom stereocenters. The molecule has 18 heavy (non-hydrogen) atoms. The van der Waals surface area contributed by atoms with Gasteiger partial charge in [-0.1, -0.05) is 13.8 Å². The van der Waals surface area contributed by atoms with Gasteiger partial charge in [0.15, 0.2) is 0 Å². The summed E-state index contributed by atoms with van der Waals surface area (Å²) in [7, 11) is 0. The fourth-order valence-electron chi connectivity index (χ4n) is 1.60. The number of hydrogen-bond acceptors (Lipinski definition) is 3. The molecule has 0 atom stereocenters. The number of benzene rings is 1. The van der Waals surface area contributed by atoms with Crippen LogP contribution in [0.2, 0.25) is 0 Å². The Labute approximate surface area is 114 Å². The van der Waals surface area contributed by atoms with Crippen molar-refractivity contribution in [2.75, 3.05) is 12.8 Å². The highest BCUT2D eigenvalue weighted by Gasteiger charge is 2.21. The third kappa shape index (κ3) is 4.03. The zero-order valence-corrected chi connectivity index (χ0v) is 12.1. The van der Waals surface area contributed by atoms with E-state index in [0.29, 0.717) is 12.1 Å². The normalized spacial score (nSPS) is 11.3. The molecule has 4 heteroatoms. The molecule has 0 saturated carbocycles. The monoisotopic (exact) mass is 266 g/mol. The summed E-state index contributed by atoms with van der Waals surface area (Å²) in [4.78, 5) is 13.1. The fourth-order valence-corrected chi connectivity index (χ4v) is 2.01. The van der Waals surface area contributed by atoms with Crippen molar-refractivity contribution >= 4 is 17.7 Å². The second kappa shape index (κ2) is 6.81. The molecule has 3 N–H and O–H groups in total. The van der Waals surface area contributed by atoms with Crippen LogP contribution in [0.25, 0.3) is 0 Å². The van der Waals surface area contributed by atoms with Gasteiger partial charge in [0, 0.05) is 22.5 Å². The van der Waals surface area contributed by atoms with Crippen LogP contribution in [0.15, 0.2) is 29.2 Å². The van der Waals surface area contributed by atoms with Crippen LogP contribution in [-0.2, 0) is 0 Å². The lowest BCUT2D eigenvalue weighted by Gasteiger charge is -2.26. The predicted molar refractivity (Wildman–Crippen MR) is 78.1 cm³/mol. The minimum absolute atomic E-state index is 0.0561. The van der Waals surface area contributed by atoms with E-state index in [2.05, 4.69) is 5.32 Å². The lowest BCUT2D eigenvalue weighted by Crippen LogP contribution is -2.49. The van der Waals surface area contributed by atoms with Gasteiger partial charge >= 0.3 is 0 Å². The molecule has 1 aromatic rings. The van der Waals surface area contributed by atoms with Crippen LogP contribution in [-0.4, -0.2) is 24.2 Å². The molecule has 0 spiro atoms. The van der Waals surface area contributed by atoms with Crippen LogP contribution in [0, 0.1) is 0 Å². The first kappa shape index (κ1) is 15.1. The molecule has 1 aromatic carbocycles. The van der Waals surface area contributed by atoms with Gasteiger partial charge in [-0.05, 0) is 43.4 Å². The molecule has 0 aliphatic carbocycles. The second-order valence-corrected chi connectivity index (χ2v) is 5.36. The minimum atomic E-state index is -0.297. The number of rotatable bonds is 6. The van der Waals surface area contributed by atoms with Crippen LogP contribution < -0.4 is 11.1 Å². The second-order valence-electron chi connectivity index (χ2n) is 4.48. The van der Waals surface area contributed by atoms with Crippen LogP contribution in [0.4, 0.5) is 0 Å². The molecule has 3 nitrogen and oxygen atoms in total. The third-order valence-corrected chi connectivity index (χ3v) is 4.11. The Bertz CT molecular complexity index is 385. The van der Waals surface area contributed by atoms with E-state index in [1.54, 1.807) is 11.8 Å². The number of carbonyl (C=O) groups is 1. The molecule has 1 rings (SSSR count). The Balaban J connectivity index is 2.59. The fraction of sp³-hybridized carbons (Fsp3) is 0.500. The highest BCUT2D eigenvalue weighted by molar-refractivity contribution is 7.98. The Morgan fingerprint density at radius 3 is 2.28 bits per heavy atom. The minimum Gasteiger partial charge on any atom is -0.350 e. The quantitative estimate of drug-likeness (QED) is 0.778. The van der Waals surface area contributed by atoms with E-state index < -0.39 is 0 Å². The summed E-state index contributed by atoms with van der Waals surface area (Å²) in [6.07, 6.45) is 3.73. The first-order valence-corrected chi connectivity index (χ1v) is 7.48. The summed E-state index contributed by atoms with van der Waals surface area (Å²) in [5.41, 5.74) is 6.54. The first-order chi connectivity index (χ1) is 8.54. The van der Waals surface area contributed by atoms with Crippen LogP contribution in [0.1, 0.15) is 37.0 Å². The summed E-state index contributed by atoms with van der Waals surface area (Å²) >= 11 is 1.66. The lowest BCUT2D eigenvalue weighted by atomic mass is 9.94. The number of hydrogen-bond donors (Lipinski definition) is 2. The maximum Gasteiger partial charge on any atom is 0.251 e. The third-order valence-electron chi connectivity index (χ3n) is 3.36. The van der Waals surface area contributed by atoms with Gasteiger partial charge in [0.2, 0.25) is 0 Å². The standard InChI is InChI=1S/C14H22N2OS/c1-4-14(15,5-2)10-16-13(17)11-6-8-12(18-3)9-7-11/h6-9H,4-5,10,15H2,1-3H3,(H,16,17). The van der Waals surface area contributed by atoms with E-state index in [4.69, 9.17) is 5.73 Å². The maximum atomic E-state index is 11.9. The summed E-state index contributed by atoms with van der Waals surface area (Å²) in [5, 5.41) is 2.91. The average molecular weight is 266 g/mol. The number of carbonyl (C=O) groups excluding carboxylic acids is 1. The van der Waals surface area contributed by atoms with Gasteiger partial charge in [0.25, 0.3) is 5.91 Å². The van der Waals surface area contributed by atoms with Crippen molar-refractivity contribution in [2.45, 2.75) is 37.1 Å². The number of nitrogens with two attached hydrogens (primary N) is 1. The van der Waals surface area contributed by atoms with Crippen molar-refractivity contribution in [3.63, 3.8) is 0 Å². The van der Waals surface area contributed by atoms with Gasteiger partial charge in [-0.15, -0.1) is 11.8 Å². The molecule has 0 aromatic heterocycles. The Kier molecular flexibility index (Phi) is 5.69. The van der Waals surface area contributed by atoms with Crippen molar-refractivity contribution in [1.29, 1.82) is 0 Å². The van der Waals surface area contributed by atoms with Crippen molar-refractivity contribution in [2.24, 2.45) is 5.73 Å². The average Bonchev–Trinajstić information content (AvgIpc) is 2.44. The highest BCUT2D eigenvalue weighted by Crippen LogP contribution is 2.15. The molecule has 0 aliphatic rings. The highest BCUT2D eigenvalue weighted by atomic mass is 32.2. The van der Waals surface area contributed by atoms with E-state index in [1.807, 2.05) is 44.4 Å². The van der Waals surface area contributed by atoms with Crippen LogP contribution >= 0.6 is 11.8 Å². The van der Waals surface area contributed by atoms with Gasteiger partial charge < -0.3 is 11.1 Å². The van der Waals surface area contributed by atoms with E-state index in [1.165, 1.54) is 0 Å². The van der Waals surface area contributed by atoms with E-state index >= 15 is 0 Å². The van der Waals surface area contributed by atoms with E-state index in [0.717, 1.165) is 17.7 Å². The van der Waals surface area contributed by atoms with Crippen molar-refractivity contribution in [3.8, 4) is 0 Å². The molecule has 0 aliphatic heterocycles. The largest absolute Gasteiger partial charge is 0.350 e. The summed E-state index contributed by atoms with van der Waals surface area (Å²) in [6, 6.07) is 7.60. The number of thioether (sulfide) groups is 1. The predicted octanol–water partition coefficient (Wildman–Crippen LogP) is 2.66. The van der Waals surface area contributed by atoms with E-state index in [-0.39, 0.29) is 11.4 Å². The topological polar surface area (TPSA) is 55.1 Å². The van der Waals surface area contributed by atoms with Gasteiger partial charge in [-0.3, -0.25) is 4.79 Å². The maximum absolute atomic E-state index is 11.9. The summed E-state index contributed by atoms with van der Waals surface area (Å²) < 4.78 is 0. The molecule has 0 radical (unpaired) electrons. The Morgan fingerprint density at radius 2 is 1.83 bits per heavy atom. The Hall–Kier alpha value is -1.00. The van der Waals surface area contributed by atoms with Crippen LogP contribution in [0.3, 0.4) is 0 Å². The van der Waals surface area contributed by atoms with Crippen LogP contribution in [0.5, 0.6) is 0 Å². The van der Waals surface area contributed by atoms with Gasteiger partial charge in [-0.25, -0.2) is 0 Å².